The average Bonchev–Trinajstić information content (AvgIpc) is 2.28. The maximum Gasteiger partial charge on any atom is 0.137 e. The predicted octanol–water partition coefficient (Wildman–Crippen LogP) is 4.08. The molecule has 2 nitrogen and oxygen atoms in total. The number of benzene rings is 1. The molecule has 2 aliphatic heterocycles. The number of piperidine rings is 2. The quantitative estimate of drug-likeness (QED) is 0.774. The maximum absolute atomic E-state index is 11.7. The molecule has 0 spiro atoms. The van der Waals surface area contributed by atoms with E-state index in [0.29, 0.717) is 40.8 Å². The SMILES string of the molecule is O=C1CC2CCCC(C1)N2c1ccc(Cl)cc1Cl. The molecule has 1 aromatic carbocycles. The summed E-state index contributed by atoms with van der Waals surface area (Å²) in [5.74, 6) is 0.394. The van der Waals surface area contributed by atoms with Crippen molar-refractivity contribution in [3.63, 3.8) is 0 Å². The smallest absolute Gasteiger partial charge is 0.137 e. The molecular weight excluding hydrogens is 269 g/mol. The number of Topliss-reactive ketones (excluding diaryl/α,β-unsaturated/α-hetero) is 1. The van der Waals surface area contributed by atoms with Crippen molar-refractivity contribution in [2.75, 3.05) is 4.90 Å². The molecule has 0 saturated carbocycles. The third-order valence-corrected chi connectivity index (χ3v) is 4.51. The van der Waals surface area contributed by atoms with Crippen LogP contribution in [0.2, 0.25) is 10.0 Å². The van der Waals surface area contributed by atoms with Gasteiger partial charge < -0.3 is 4.90 Å². The van der Waals surface area contributed by atoms with Crippen molar-refractivity contribution in [1.29, 1.82) is 0 Å². The standard InChI is InChI=1S/C14H15Cl2NO/c15-9-4-5-14(13(16)6-9)17-10-2-1-3-11(17)8-12(18)7-10/h4-6,10-11H,1-3,7-8H2. The minimum Gasteiger partial charge on any atom is -0.363 e. The van der Waals surface area contributed by atoms with Crippen molar-refractivity contribution in [3.8, 4) is 0 Å². The van der Waals surface area contributed by atoms with E-state index in [1.54, 1.807) is 6.07 Å². The molecule has 0 amide bonds. The van der Waals surface area contributed by atoms with E-state index in [1.807, 2.05) is 12.1 Å². The molecule has 2 aliphatic rings. The molecule has 1 aromatic rings. The second kappa shape index (κ2) is 4.75. The molecule has 2 unspecified atom stereocenters. The Morgan fingerprint density at radius 1 is 1.11 bits per heavy atom. The van der Waals surface area contributed by atoms with E-state index < -0.39 is 0 Å². The van der Waals surface area contributed by atoms with Gasteiger partial charge in [0, 0.05) is 29.9 Å². The summed E-state index contributed by atoms with van der Waals surface area (Å²) in [7, 11) is 0. The fraction of sp³-hybridized carbons (Fsp3) is 0.500. The Morgan fingerprint density at radius 2 is 1.78 bits per heavy atom. The Hall–Kier alpha value is -0.730. The lowest BCUT2D eigenvalue weighted by Gasteiger charge is -2.47. The van der Waals surface area contributed by atoms with Gasteiger partial charge in [-0.3, -0.25) is 4.79 Å². The van der Waals surface area contributed by atoms with E-state index in [-0.39, 0.29) is 0 Å². The minimum absolute atomic E-state index is 0.323. The van der Waals surface area contributed by atoms with E-state index in [4.69, 9.17) is 23.2 Å². The number of anilines is 1. The lowest BCUT2D eigenvalue weighted by molar-refractivity contribution is -0.121. The van der Waals surface area contributed by atoms with Crippen LogP contribution in [-0.2, 0) is 4.79 Å². The van der Waals surface area contributed by atoms with Crippen molar-refractivity contribution in [2.45, 2.75) is 44.2 Å². The Kier molecular flexibility index (Phi) is 3.25. The summed E-state index contributed by atoms with van der Waals surface area (Å²) in [5.41, 5.74) is 1.03. The van der Waals surface area contributed by atoms with Crippen molar-refractivity contribution in [2.24, 2.45) is 0 Å². The number of rotatable bonds is 1. The molecule has 2 atom stereocenters. The Labute approximate surface area is 117 Å². The molecule has 3 rings (SSSR count). The normalized spacial score (nSPS) is 27.4. The molecule has 96 valence electrons. The zero-order valence-electron chi connectivity index (χ0n) is 10.0. The first kappa shape index (κ1) is 12.3. The highest BCUT2D eigenvalue weighted by Crippen LogP contribution is 2.40. The van der Waals surface area contributed by atoms with Crippen LogP contribution < -0.4 is 4.90 Å². The third-order valence-electron chi connectivity index (χ3n) is 3.98. The van der Waals surface area contributed by atoms with Gasteiger partial charge in [0.05, 0.1) is 10.7 Å². The van der Waals surface area contributed by atoms with Crippen molar-refractivity contribution in [1.82, 2.24) is 0 Å². The highest BCUT2D eigenvalue weighted by atomic mass is 35.5. The predicted molar refractivity (Wildman–Crippen MR) is 74.6 cm³/mol. The summed E-state index contributed by atoms with van der Waals surface area (Å²) in [4.78, 5) is 14.1. The zero-order valence-corrected chi connectivity index (χ0v) is 11.5. The zero-order chi connectivity index (χ0) is 12.7. The van der Waals surface area contributed by atoms with Crippen LogP contribution in [0.25, 0.3) is 0 Å². The number of hydrogen-bond donors (Lipinski definition) is 0. The van der Waals surface area contributed by atoms with Gasteiger partial charge in [0.1, 0.15) is 5.78 Å². The van der Waals surface area contributed by atoms with Gasteiger partial charge in [-0.25, -0.2) is 0 Å². The topological polar surface area (TPSA) is 20.3 Å². The first-order valence-corrected chi connectivity index (χ1v) is 7.16. The molecule has 4 heteroatoms. The first-order valence-electron chi connectivity index (χ1n) is 6.40. The second-order valence-corrected chi connectivity index (χ2v) is 6.03. The van der Waals surface area contributed by atoms with Crippen molar-refractivity contribution in [3.05, 3.63) is 28.2 Å². The van der Waals surface area contributed by atoms with E-state index in [9.17, 15) is 4.79 Å². The maximum atomic E-state index is 11.7. The van der Waals surface area contributed by atoms with Crippen LogP contribution in [0.1, 0.15) is 32.1 Å². The van der Waals surface area contributed by atoms with E-state index >= 15 is 0 Å². The van der Waals surface area contributed by atoms with Gasteiger partial charge in [-0.15, -0.1) is 0 Å². The molecule has 0 aromatic heterocycles. The molecule has 0 N–H and O–H groups in total. The third kappa shape index (κ3) is 2.12. The molecule has 2 bridgehead atoms. The number of carbonyl (C=O) groups excluding carboxylic acids is 1. The van der Waals surface area contributed by atoms with Gasteiger partial charge in [-0.05, 0) is 37.5 Å². The van der Waals surface area contributed by atoms with Gasteiger partial charge >= 0.3 is 0 Å². The van der Waals surface area contributed by atoms with Crippen LogP contribution >= 0.6 is 23.2 Å². The molecule has 0 aliphatic carbocycles. The number of fused-ring (bicyclic) bond motifs is 2. The Bertz CT molecular complexity index is 473. The number of halogens is 2. The van der Waals surface area contributed by atoms with Crippen molar-refractivity contribution < 1.29 is 4.79 Å². The summed E-state index contributed by atoms with van der Waals surface area (Å²) >= 11 is 12.2. The van der Waals surface area contributed by atoms with Crippen LogP contribution in [0, 0.1) is 0 Å². The second-order valence-electron chi connectivity index (χ2n) is 5.19. The molecule has 0 radical (unpaired) electrons. The van der Waals surface area contributed by atoms with Crippen LogP contribution in [0.4, 0.5) is 5.69 Å². The van der Waals surface area contributed by atoms with Gasteiger partial charge in [-0.2, -0.15) is 0 Å². The van der Waals surface area contributed by atoms with Gasteiger partial charge in [0.2, 0.25) is 0 Å². The highest BCUT2D eigenvalue weighted by molar-refractivity contribution is 6.36. The van der Waals surface area contributed by atoms with Crippen LogP contribution in [0.3, 0.4) is 0 Å². The van der Waals surface area contributed by atoms with Crippen LogP contribution in [0.15, 0.2) is 18.2 Å². The van der Waals surface area contributed by atoms with E-state index in [0.717, 1.165) is 18.5 Å². The fourth-order valence-electron chi connectivity index (χ4n) is 3.26. The Morgan fingerprint density at radius 3 is 2.39 bits per heavy atom. The molecule has 2 saturated heterocycles. The number of carbonyl (C=O) groups is 1. The monoisotopic (exact) mass is 283 g/mol. The minimum atomic E-state index is 0.323. The summed E-state index contributed by atoms with van der Waals surface area (Å²) in [6.45, 7) is 0. The highest BCUT2D eigenvalue weighted by Gasteiger charge is 2.38. The van der Waals surface area contributed by atoms with Crippen molar-refractivity contribution >= 4 is 34.7 Å². The summed E-state index contributed by atoms with van der Waals surface area (Å²) in [6, 6.07) is 6.28. The number of nitrogens with zero attached hydrogens (tertiary/aromatic N) is 1. The largest absolute Gasteiger partial charge is 0.363 e. The number of ketones is 1. The number of hydrogen-bond acceptors (Lipinski definition) is 2. The molecule has 18 heavy (non-hydrogen) atoms. The van der Waals surface area contributed by atoms with E-state index in [2.05, 4.69) is 4.90 Å². The van der Waals surface area contributed by atoms with Crippen LogP contribution in [0.5, 0.6) is 0 Å². The van der Waals surface area contributed by atoms with Gasteiger partial charge in [0.15, 0.2) is 0 Å². The summed E-state index contributed by atoms with van der Waals surface area (Å²) in [5, 5.41) is 1.34. The summed E-state index contributed by atoms with van der Waals surface area (Å²) < 4.78 is 0. The first-order chi connectivity index (χ1) is 8.65. The molecule has 2 fully saturated rings. The van der Waals surface area contributed by atoms with Gasteiger partial charge in [-0.1, -0.05) is 23.2 Å². The van der Waals surface area contributed by atoms with E-state index in [1.165, 1.54) is 6.42 Å². The Balaban J connectivity index is 1.97. The average molecular weight is 284 g/mol. The fourth-order valence-corrected chi connectivity index (χ4v) is 3.77. The molecular formula is C14H15Cl2NO. The van der Waals surface area contributed by atoms with Crippen LogP contribution in [-0.4, -0.2) is 17.9 Å². The lowest BCUT2D eigenvalue weighted by Crippen LogP contribution is -2.52. The van der Waals surface area contributed by atoms with Gasteiger partial charge in [0.25, 0.3) is 0 Å². The summed E-state index contributed by atoms with van der Waals surface area (Å²) in [6.07, 6.45) is 4.71. The molecule has 2 heterocycles. The lowest BCUT2D eigenvalue weighted by atomic mass is 9.83.